The molecule has 0 bridgehead atoms. The first-order valence-electron chi connectivity index (χ1n) is 6.83. The van der Waals surface area contributed by atoms with Crippen molar-refractivity contribution in [1.29, 1.82) is 0 Å². The Balaban J connectivity index is 0.000000204. The molecule has 110 valence electrons. The Hall–Kier alpha value is -1.72. The maximum atomic E-state index is 11.2. The highest BCUT2D eigenvalue weighted by Gasteiger charge is 2.14. The number of aldehydes is 1. The maximum Gasteiger partial charge on any atom is 0.236 e. The van der Waals surface area contributed by atoms with Gasteiger partial charge in [0.05, 0.1) is 6.54 Å². The van der Waals surface area contributed by atoms with Crippen LogP contribution in [0.2, 0.25) is 0 Å². The molecule has 1 fully saturated rings. The van der Waals surface area contributed by atoms with Gasteiger partial charge in [-0.05, 0) is 19.5 Å². The van der Waals surface area contributed by atoms with Crippen LogP contribution in [-0.4, -0.2) is 56.9 Å². The van der Waals surface area contributed by atoms with Gasteiger partial charge in [-0.15, -0.1) is 0 Å². The average Bonchev–Trinajstić information content (AvgIpc) is 2.49. The van der Waals surface area contributed by atoms with E-state index in [1.807, 2.05) is 36.1 Å². The molecule has 0 atom stereocenters. The number of aryl methyl sites for hydroxylation is 1. The first-order chi connectivity index (χ1) is 9.69. The van der Waals surface area contributed by atoms with E-state index >= 15 is 0 Å². The molecular formula is C15H23N3O2. The molecular weight excluding hydrogens is 254 g/mol. The molecule has 20 heavy (non-hydrogen) atoms. The van der Waals surface area contributed by atoms with Crippen LogP contribution in [0.4, 0.5) is 0 Å². The van der Waals surface area contributed by atoms with Crippen LogP contribution in [0.25, 0.3) is 0 Å². The predicted octanol–water partition coefficient (Wildman–Crippen LogP) is 0.445. The van der Waals surface area contributed by atoms with Gasteiger partial charge in [0.2, 0.25) is 5.91 Å². The summed E-state index contributed by atoms with van der Waals surface area (Å²) in [7, 11) is 1.79. The molecule has 5 heteroatoms. The molecule has 1 heterocycles. The number of hydrogen-bond acceptors (Lipinski definition) is 4. The van der Waals surface area contributed by atoms with Gasteiger partial charge in [0.1, 0.15) is 6.29 Å². The lowest BCUT2D eigenvalue weighted by atomic mass is 10.1. The number of carbonyl (C=O) groups is 2. The summed E-state index contributed by atoms with van der Waals surface area (Å²) in [5, 5.41) is 6.05. The molecule has 1 aliphatic rings. The van der Waals surface area contributed by atoms with Gasteiger partial charge >= 0.3 is 0 Å². The lowest BCUT2D eigenvalue weighted by molar-refractivity contribution is -0.130. The Bertz CT molecular complexity index is 429. The molecule has 1 aliphatic heterocycles. The summed E-state index contributed by atoms with van der Waals surface area (Å²) in [6, 6.07) is 7.51. The number of nitrogens with zero attached hydrogens (tertiary/aromatic N) is 1. The van der Waals surface area contributed by atoms with Gasteiger partial charge in [0.15, 0.2) is 0 Å². The summed E-state index contributed by atoms with van der Waals surface area (Å²) < 4.78 is 0. The van der Waals surface area contributed by atoms with Crippen molar-refractivity contribution >= 4 is 12.2 Å². The molecule has 0 unspecified atom stereocenters. The molecule has 2 N–H and O–H groups in total. The maximum absolute atomic E-state index is 11.2. The van der Waals surface area contributed by atoms with E-state index in [0.29, 0.717) is 6.54 Å². The lowest BCUT2D eigenvalue weighted by Crippen LogP contribution is -2.48. The Labute approximate surface area is 120 Å². The van der Waals surface area contributed by atoms with Crippen molar-refractivity contribution in [3.05, 3.63) is 35.4 Å². The summed E-state index contributed by atoms with van der Waals surface area (Å²) in [5.41, 5.74) is 1.81. The molecule has 2 rings (SSSR count). The summed E-state index contributed by atoms with van der Waals surface area (Å²) in [5.74, 6) is 0.203. The average molecular weight is 277 g/mol. The van der Waals surface area contributed by atoms with Gasteiger partial charge < -0.3 is 15.5 Å². The van der Waals surface area contributed by atoms with Gasteiger partial charge in [0.25, 0.3) is 0 Å². The molecule has 0 radical (unpaired) electrons. The number of rotatable bonds is 3. The Morgan fingerprint density at radius 2 is 2.00 bits per heavy atom. The molecule has 1 amide bonds. The second kappa shape index (κ2) is 9.23. The molecule has 0 spiro atoms. The fraction of sp³-hybridized carbons (Fsp3) is 0.467. The van der Waals surface area contributed by atoms with E-state index in [2.05, 4.69) is 10.6 Å². The molecule has 0 saturated carbocycles. The van der Waals surface area contributed by atoms with Crippen molar-refractivity contribution in [1.82, 2.24) is 15.5 Å². The SMILES string of the molecule is CNCC(=O)N1CCNCC1.Cc1ccccc1C=O. The van der Waals surface area contributed by atoms with Crippen LogP contribution in [-0.2, 0) is 4.79 Å². The molecule has 0 aromatic heterocycles. The summed E-state index contributed by atoms with van der Waals surface area (Å²) in [6.45, 7) is 5.93. The van der Waals surface area contributed by atoms with Gasteiger partial charge in [-0.1, -0.05) is 24.3 Å². The lowest BCUT2D eigenvalue weighted by Gasteiger charge is -2.27. The predicted molar refractivity (Wildman–Crippen MR) is 79.9 cm³/mol. The molecule has 1 aromatic carbocycles. The third-order valence-corrected chi connectivity index (χ3v) is 3.11. The van der Waals surface area contributed by atoms with E-state index in [0.717, 1.165) is 43.6 Å². The minimum absolute atomic E-state index is 0.203. The third kappa shape index (κ3) is 5.50. The highest BCUT2D eigenvalue weighted by atomic mass is 16.2. The zero-order valence-electron chi connectivity index (χ0n) is 12.2. The fourth-order valence-corrected chi connectivity index (χ4v) is 1.90. The second-order valence-corrected chi connectivity index (χ2v) is 4.64. The van der Waals surface area contributed by atoms with E-state index in [4.69, 9.17) is 0 Å². The minimum atomic E-state index is 0.203. The van der Waals surface area contributed by atoms with Crippen molar-refractivity contribution in [2.45, 2.75) is 6.92 Å². The number of likely N-dealkylation sites (N-methyl/N-ethyl adjacent to an activating group) is 1. The van der Waals surface area contributed by atoms with Crippen LogP contribution in [0.5, 0.6) is 0 Å². The van der Waals surface area contributed by atoms with Gasteiger partial charge in [-0.3, -0.25) is 9.59 Å². The molecule has 1 saturated heterocycles. The van der Waals surface area contributed by atoms with Crippen molar-refractivity contribution in [2.24, 2.45) is 0 Å². The van der Waals surface area contributed by atoms with E-state index in [1.165, 1.54) is 0 Å². The van der Waals surface area contributed by atoms with Crippen molar-refractivity contribution in [2.75, 3.05) is 39.8 Å². The van der Waals surface area contributed by atoms with Crippen LogP contribution in [0, 0.1) is 6.92 Å². The second-order valence-electron chi connectivity index (χ2n) is 4.64. The molecule has 0 aliphatic carbocycles. The number of hydrogen-bond donors (Lipinski definition) is 2. The van der Waals surface area contributed by atoms with Crippen LogP contribution < -0.4 is 10.6 Å². The summed E-state index contributed by atoms with van der Waals surface area (Å²) >= 11 is 0. The number of benzene rings is 1. The zero-order valence-corrected chi connectivity index (χ0v) is 12.2. The zero-order chi connectivity index (χ0) is 14.8. The van der Waals surface area contributed by atoms with Crippen LogP contribution in [0.15, 0.2) is 24.3 Å². The Morgan fingerprint density at radius 1 is 1.35 bits per heavy atom. The van der Waals surface area contributed by atoms with Crippen molar-refractivity contribution in [3.8, 4) is 0 Å². The fourth-order valence-electron chi connectivity index (χ4n) is 1.90. The van der Waals surface area contributed by atoms with Crippen LogP contribution >= 0.6 is 0 Å². The first-order valence-corrected chi connectivity index (χ1v) is 6.83. The quantitative estimate of drug-likeness (QED) is 0.787. The van der Waals surface area contributed by atoms with E-state index in [1.54, 1.807) is 7.05 Å². The van der Waals surface area contributed by atoms with E-state index in [9.17, 15) is 9.59 Å². The highest BCUT2D eigenvalue weighted by Crippen LogP contribution is 2.02. The van der Waals surface area contributed by atoms with E-state index in [-0.39, 0.29) is 5.91 Å². The van der Waals surface area contributed by atoms with Crippen molar-refractivity contribution in [3.63, 3.8) is 0 Å². The Morgan fingerprint density at radius 3 is 2.50 bits per heavy atom. The van der Waals surface area contributed by atoms with Gasteiger partial charge in [-0.2, -0.15) is 0 Å². The van der Waals surface area contributed by atoms with Crippen LogP contribution in [0.1, 0.15) is 15.9 Å². The topological polar surface area (TPSA) is 61.4 Å². The third-order valence-electron chi connectivity index (χ3n) is 3.11. The highest BCUT2D eigenvalue weighted by molar-refractivity contribution is 5.78. The molecule has 5 nitrogen and oxygen atoms in total. The monoisotopic (exact) mass is 277 g/mol. The standard InChI is InChI=1S/C8H8O.C7H15N3O/c1-7-4-2-3-5-8(7)6-9;1-8-6-7(11)10-4-2-9-3-5-10/h2-6H,1H3;8-9H,2-6H2,1H3. The Kier molecular flexibility index (Phi) is 7.54. The molecule has 1 aromatic rings. The smallest absolute Gasteiger partial charge is 0.236 e. The normalized spacial score (nSPS) is 14.2. The van der Waals surface area contributed by atoms with Crippen LogP contribution in [0.3, 0.4) is 0 Å². The van der Waals surface area contributed by atoms with Crippen molar-refractivity contribution < 1.29 is 9.59 Å². The minimum Gasteiger partial charge on any atom is -0.339 e. The number of carbonyl (C=O) groups excluding carboxylic acids is 2. The largest absolute Gasteiger partial charge is 0.339 e. The van der Waals surface area contributed by atoms with E-state index < -0.39 is 0 Å². The first kappa shape index (κ1) is 16.3. The van der Waals surface area contributed by atoms with Gasteiger partial charge in [-0.25, -0.2) is 0 Å². The number of nitrogens with one attached hydrogen (secondary N) is 2. The summed E-state index contributed by atoms with van der Waals surface area (Å²) in [4.78, 5) is 23.3. The summed E-state index contributed by atoms with van der Waals surface area (Å²) in [6.07, 6.45) is 0.870. The number of piperazine rings is 1. The number of amides is 1. The van der Waals surface area contributed by atoms with Gasteiger partial charge in [0, 0.05) is 31.7 Å².